The number of amides is 1. The number of rotatable bonds is 9. The molecule has 6 nitrogen and oxygen atoms in total. The van der Waals surface area contributed by atoms with E-state index >= 15 is 0 Å². The summed E-state index contributed by atoms with van der Waals surface area (Å²) in [7, 11) is 0. The smallest absolute Gasteiger partial charge is 0.309 e. The lowest BCUT2D eigenvalue weighted by Gasteiger charge is -2.22. The van der Waals surface area contributed by atoms with Gasteiger partial charge in [-0.15, -0.1) is 0 Å². The standard InChI is InChI=1S/C21H21FN2O4/c1-16-7-2-5-10-19(16)27-14-11-21(26)28-15-20(25)24(13-6-12-23)18-9-4-3-8-17(18)22/h2-5,7-10H,6,11,13-15H2,1H3. The fourth-order valence-electron chi connectivity index (χ4n) is 2.47. The zero-order chi connectivity index (χ0) is 20.4. The van der Waals surface area contributed by atoms with Gasteiger partial charge in [0.15, 0.2) is 6.61 Å². The molecule has 2 aromatic carbocycles. The molecule has 0 heterocycles. The molecule has 7 heteroatoms. The van der Waals surface area contributed by atoms with E-state index in [0.717, 1.165) is 10.5 Å². The number of anilines is 1. The van der Waals surface area contributed by atoms with Crippen molar-refractivity contribution < 1.29 is 23.5 Å². The van der Waals surface area contributed by atoms with Gasteiger partial charge in [-0.2, -0.15) is 5.26 Å². The SMILES string of the molecule is Cc1ccccc1OCCC(=O)OCC(=O)N(CCC#N)c1ccccc1F. The number of esters is 1. The van der Waals surface area contributed by atoms with Gasteiger partial charge in [0.05, 0.1) is 31.2 Å². The van der Waals surface area contributed by atoms with E-state index in [4.69, 9.17) is 14.7 Å². The van der Waals surface area contributed by atoms with E-state index in [0.29, 0.717) is 5.75 Å². The molecule has 28 heavy (non-hydrogen) atoms. The van der Waals surface area contributed by atoms with Gasteiger partial charge in [0.1, 0.15) is 11.6 Å². The number of benzene rings is 2. The van der Waals surface area contributed by atoms with Gasteiger partial charge in [-0.25, -0.2) is 4.39 Å². The van der Waals surface area contributed by atoms with Gasteiger partial charge < -0.3 is 14.4 Å². The van der Waals surface area contributed by atoms with Crippen molar-refractivity contribution in [1.82, 2.24) is 0 Å². The lowest BCUT2D eigenvalue weighted by molar-refractivity contribution is -0.148. The van der Waals surface area contributed by atoms with Crippen LogP contribution in [0.1, 0.15) is 18.4 Å². The van der Waals surface area contributed by atoms with Gasteiger partial charge in [0.25, 0.3) is 5.91 Å². The first kappa shape index (κ1) is 20.9. The van der Waals surface area contributed by atoms with E-state index < -0.39 is 24.3 Å². The van der Waals surface area contributed by atoms with E-state index in [1.165, 1.54) is 18.2 Å². The summed E-state index contributed by atoms with van der Waals surface area (Å²) in [5, 5.41) is 8.76. The third-order valence-electron chi connectivity index (χ3n) is 3.91. The van der Waals surface area contributed by atoms with Crippen LogP contribution in [0.4, 0.5) is 10.1 Å². The molecule has 0 aliphatic carbocycles. The maximum Gasteiger partial charge on any atom is 0.309 e. The first-order chi connectivity index (χ1) is 13.5. The monoisotopic (exact) mass is 384 g/mol. The molecule has 0 fully saturated rings. The molecule has 0 aliphatic rings. The summed E-state index contributed by atoms with van der Waals surface area (Å²) in [6.07, 6.45) is -0.00219. The van der Waals surface area contributed by atoms with Crippen LogP contribution >= 0.6 is 0 Å². The van der Waals surface area contributed by atoms with Crippen molar-refractivity contribution in [2.24, 2.45) is 0 Å². The summed E-state index contributed by atoms with van der Waals surface area (Å²) in [5.41, 5.74) is 0.991. The first-order valence-electron chi connectivity index (χ1n) is 8.79. The number of halogens is 1. The average molecular weight is 384 g/mol. The van der Waals surface area contributed by atoms with Crippen LogP contribution in [0, 0.1) is 24.1 Å². The van der Waals surface area contributed by atoms with Crippen molar-refractivity contribution in [2.45, 2.75) is 19.8 Å². The Morgan fingerprint density at radius 2 is 1.86 bits per heavy atom. The fraction of sp³-hybridized carbons (Fsp3) is 0.286. The van der Waals surface area contributed by atoms with Crippen LogP contribution in [0.2, 0.25) is 0 Å². The Morgan fingerprint density at radius 1 is 1.14 bits per heavy atom. The zero-order valence-corrected chi connectivity index (χ0v) is 15.6. The van der Waals surface area contributed by atoms with Crippen molar-refractivity contribution in [3.05, 3.63) is 59.9 Å². The van der Waals surface area contributed by atoms with Crippen LogP contribution in [0.5, 0.6) is 5.75 Å². The lowest BCUT2D eigenvalue weighted by Crippen LogP contribution is -2.36. The van der Waals surface area contributed by atoms with Crippen molar-refractivity contribution in [3.8, 4) is 11.8 Å². The van der Waals surface area contributed by atoms with Crippen LogP contribution in [0.25, 0.3) is 0 Å². The second kappa shape index (κ2) is 10.7. The Labute approximate surface area is 163 Å². The van der Waals surface area contributed by atoms with E-state index in [2.05, 4.69) is 0 Å². The summed E-state index contributed by atoms with van der Waals surface area (Å²) < 4.78 is 24.5. The lowest BCUT2D eigenvalue weighted by atomic mass is 10.2. The highest BCUT2D eigenvalue weighted by Gasteiger charge is 2.20. The van der Waals surface area contributed by atoms with E-state index in [-0.39, 0.29) is 31.7 Å². The second-order valence-electron chi connectivity index (χ2n) is 5.93. The number of nitrogens with zero attached hydrogens (tertiary/aromatic N) is 2. The van der Waals surface area contributed by atoms with Crippen LogP contribution < -0.4 is 9.64 Å². The molecule has 0 radical (unpaired) electrons. The highest BCUT2D eigenvalue weighted by molar-refractivity contribution is 5.95. The molecule has 0 aliphatic heterocycles. The minimum atomic E-state index is -0.603. The van der Waals surface area contributed by atoms with Crippen LogP contribution in [-0.4, -0.2) is 31.6 Å². The first-order valence-corrected chi connectivity index (χ1v) is 8.79. The van der Waals surface area contributed by atoms with Gasteiger partial charge in [0, 0.05) is 6.54 Å². The predicted octanol–water partition coefficient (Wildman–Crippen LogP) is 3.39. The van der Waals surface area contributed by atoms with Crippen LogP contribution in [-0.2, 0) is 14.3 Å². The molecular formula is C21H21FN2O4. The van der Waals surface area contributed by atoms with E-state index in [9.17, 15) is 14.0 Å². The molecule has 2 rings (SSSR count). The van der Waals surface area contributed by atoms with E-state index in [1.54, 1.807) is 12.1 Å². The largest absolute Gasteiger partial charge is 0.493 e. The van der Waals surface area contributed by atoms with Crippen molar-refractivity contribution in [1.29, 1.82) is 5.26 Å². The number of hydrogen-bond donors (Lipinski definition) is 0. The van der Waals surface area contributed by atoms with Crippen LogP contribution in [0.3, 0.4) is 0 Å². The number of aryl methyl sites for hydroxylation is 1. The Hall–Kier alpha value is -3.40. The molecule has 0 unspecified atom stereocenters. The molecule has 0 saturated heterocycles. The van der Waals surface area contributed by atoms with Crippen molar-refractivity contribution in [3.63, 3.8) is 0 Å². The summed E-state index contributed by atoms with van der Waals surface area (Å²) in [5.74, 6) is -1.12. The van der Waals surface area contributed by atoms with Gasteiger partial charge in [-0.3, -0.25) is 9.59 Å². The maximum absolute atomic E-state index is 14.0. The summed E-state index contributed by atoms with van der Waals surface area (Å²) >= 11 is 0. The predicted molar refractivity (Wildman–Crippen MR) is 101 cm³/mol. The molecule has 0 N–H and O–H groups in total. The molecule has 0 spiro atoms. The Morgan fingerprint density at radius 3 is 2.57 bits per heavy atom. The molecular weight excluding hydrogens is 363 g/mol. The zero-order valence-electron chi connectivity index (χ0n) is 15.6. The number of ether oxygens (including phenoxy) is 2. The average Bonchev–Trinajstić information content (AvgIpc) is 2.69. The molecule has 2 aromatic rings. The number of hydrogen-bond acceptors (Lipinski definition) is 5. The number of para-hydroxylation sites is 2. The van der Waals surface area contributed by atoms with E-state index in [1.807, 2.05) is 31.2 Å². The third-order valence-corrected chi connectivity index (χ3v) is 3.91. The summed E-state index contributed by atoms with van der Waals surface area (Å²) in [6, 6.07) is 15.1. The molecule has 0 aromatic heterocycles. The minimum absolute atomic E-state index is 0.00418. The van der Waals surface area contributed by atoms with Crippen molar-refractivity contribution in [2.75, 3.05) is 24.7 Å². The highest BCUT2D eigenvalue weighted by Crippen LogP contribution is 2.19. The number of carbonyl (C=O) groups is 2. The van der Waals surface area contributed by atoms with Gasteiger partial charge in [0.2, 0.25) is 0 Å². The summed E-state index contributed by atoms with van der Waals surface area (Å²) in [4.78, 5) is 25.4. The number of carbonyl (C=O) groups excluding carboxylic acids is 2. The molecule has 0 bridgehead atoms. The normalized spacial score (nSPS) is 10.0. The molecule has 0 atom stereocenters. The van der Waals surface area contributed by atoms with Crippen molar-refractivity contribution >= 4 is 17.6 Å². The Bertz CT molecular complexity index is 863. The van der Waals surface area contributed by atoms with Gasteiger partial charge in [-0.1, -0.05) is 30.3 Å². The minimum Gasteiger partial charge on any atom is -0.493 e. The number of nitriles is 1. The van der Waals surface area contributed by atoms with Gasteiger partial charge in [-0.05, 0) is 30.7 Å². The second-order valence-corrected chi connectivity index (χ2v) is 5.93. The molecule has 0 saturated carbocycles. The fourth-order valence-corrected chi connectivity index (χ4v) is 2.47. The Balaban J connectivity index is 1.86. The quantitative estimate of drug-likeness (QED) is 0.619. The van der Waals surface area contributed by atoms with Crippen LogP contribution in [0.15, 0.2) is 48.5 Å². The summed E-state index contributed by atoms with van der Waals surface area (Å²) in [6.45, 7) is 1.47. The maximum atomic E-state index is 14.0. The van der Waals surface area contributed by atoms with Gasteiger partial charge >= 0.3 is 5.97 Å². The Kier molecular flexibility index (Phi) is 7.97. The highest BCUT2D eigenvalue weighted by atomic mass is 19.1. The molecule has 1 amide bonds. The third kappa shape index (κ3) is 6.09. The topological polar surface area (TPSA) is 79.6 Å². The molecule has 146 valence electrons.